The van der Waals surface area contributed by atoms with E-state index >= 15 is 0 Å². The van der Waals surface area contributed by atoms with Gasteiger partial charge in [0, 0.05) is 11.6 Å². The minimum atomic E-state index is 0.646. The van der Waals surface area contributed by atoms with Crippen molar-refractivity contribution >= 4 is 17.3 Å². The molecule has 0 bridgehead atoms. The van der Waals surface area contributed by atoms with Gasteiger partial charge in [-0.1, -0.05) is 38.8 Å². The molecule has 0 aliphatic rings. The van der Waals surface area contributed by atoms with E-state index in [0.29, 0.717) is 5.92 Å². The minimum absolute atomic E-state index is 0.646. The lowest BCUT2D eigenvalue weighted by Crippen LogP contribution is -2.11. The highest BCUT2D eigenvalue weighted by molar-refractivity contribution is 6.30. The van der Waals surface area contributed by atoms with Crippen LogP contribution in [0.15, 0.2) is 18.2 Å². The topological polar surface area (TPSA) is 21.3 Å². The number of ether oxygens (including phenoxy) is 1. The van der Waals surface area contributed by atoms with Crippen molar-refractivity contribution in [3.8, 4) is 5.75 Å². The lowest BCUT2D eigenvalue weighted by molar-refractivity contribution is 0.318. The first-order valence-corrected chi connectivity index (χ1v) is 6.71. The summed E-state index contributed by atoms with van der Waals surface area (Å²) in [5, 5.41) is 4.14. The van der Waals surface area contributed by atoms with Gasteiger partial charge in [0.05, 0.1) is 12.3 Å². The Morgan fingerprint density at radius 3 is 2.76 bits per heavy atom. The normalized spacial score (nSPS) is 12.2. The highest BCUT2D eigenvalue weighted by Crippen LogP contribution is 2.28. The van der Waals surface area contributed by atoms with Gasteiger partial charge in [-0.3, -0.25) is 0 Å². The molecule has 1 atom stereocenters. The van der Waals surface area contributed by atoms with Crippen LogP contribution in [0.1, 0.15) is 33.6 Å². The van der Waals surface area contributed by atoms with Crippen molar-refractivity contribution in [2.75, 3.05) is 18.5 Å². The maximum atomic E-state index is 6.00. The zero-order valence-electron chi connectivity index (χ0n) is 10.9. The Morgan fingerprint density at radius 2 is 2.12 bits per heavy atom. The molecule has 0 aliphatic heterocycles. The van der Waals surface area contributed by atoms with Gasteiger partial charge in [-0.2, -0.15) is 0 Å². The molecule has 2 nitrogen and oxygen atoms in total. The summed E-state index contributed by atoms with van der Waals surface area (Å²) in [6, 6.07) is 5.72. The van der Waals surface area contributed by atoms with Gasteiger partial charge in [-0.25, -0.2) is 0 Å². The highest BCUT2D eigenvalue weighted by atomic mass is 35.5. The molecule has 17 heavy (non-hydrogen) atoms. The molecule has 1 N–H and O–H groups in total. The summed E-state index contributed by atoms with van der Waals surface area (Å²) in [4.78, 5) is 0. The van der Waals surface area contributed by atoms with E-state index in [1.54, 1.807) is 0 Å². The Kier molecular flexibility index (Phi) is 6.20. The Hall–Kier alpha value is -0.890. The van der Waals surface area contributed by atoms with Gasteiger partial charge in [-0.05, 0) is 30.5 Å². The molecule has 0 saturated heterocycles. The van der Waals surface area contributed by atoms with Crippen LogP contribution in [0.5, 0.6) is 5.75 Å². The van der Waals surface area contributed by atoms with E-state index in [2.05, 4.69) is 26.1 Å². The molecule has 96 valence electrons. The molecule has 1 aromatic carbocycles. The number of nitrogens with one attached hydrogen (secondary N) is 1. The average molecular weight is 256 g/mol. The van der Waals surface area contributed by atoms with Gasteiger partial charge in [0.15, 0.2) is 0 Å². The summed E-state index contributed by atoms with van der Waals surface area (Å²) in [5.41, 5.74) is 0.992. The van der Waals surface area contributed by atoms with E-state index in [1.807, 2.05) is 18.2 Å². The molecule has 0 aromatic heterocycles. The van der Waals surface area contributed by atoms with Crippen molar-refractivity contribution in [3.05, 3.63) is 23.2 Å². The van der Waals surface area contributed by atoms with Crippen molar-refractivity contribution in [1.82, 2.24) is 0 Å². The average Bonchev–Trinajstić information content (AvgIpc) is 2.34. The molecule has 0 saturated carbocycles. The number of hydrogen-bond acceptors (Lipinski definition) is 2. The van der Waals surface area contributed by atoms with Crippen molar-refractivity contribution in [1.29, 1.82) is 0 Å². The van der Waals surface area contributed by atoms with Gasteiger partial charge < -0.3 is 10.1 Å². The second-order valence-corrected chi connectivity index (χ2v) is 4.82. The molecule has 1 rings (SSSR count). The summed E-state index contributed by atoms with van der Waals surface area (Å²) in [6.45, 7) is 8.20. The molecule has 1 unspecified atom stereocenters. The van der Waals surface area contributed by atoms with E-state index in [9.17, 15) is 0 Å². The maximum absolute atomic E-state index is 6.00. The lowest BCUT2D eigenvalue weighted by atomic mass is 10.1. The molecule has 0 radical (unpaired) electrons. The number of benzene rings is 1. The Labute approximate surface area is 109 Å². The smallest absolute Gasteiger partial charge is 0.142 e. The zero-order valence-corrected chi connectivity index (χ0v) is 11.7. The second kappa shape index (κ2) is 7.44. The van der Waals surface area contributed by atoms with E-state index in [1.165, 1.54) is 6.42 Å². The highest BCUT2D eigenvalue weighted by Gasteiger charge is 2.06. The van der Waals surface area contributed by atoms with E-state index < -0.39 is 0 Å². The third kappa shape index (κ3) is 4.86. The quantitative estimate of drug-likeness (QED) is 0.770. The third-order valence-corrected chi connectivity index (χ3v) is 2.98. The molecule has 1 aromatic rings. The molecule has 3 heteroatoms. The van der Waals surface area contributed by atoms with Crippen LogP contribution in [-0.4, -0.2) is 13.2 Å². The number of rotatable bonds is 7. The van der Waals surface area contributed by atoms with Crippen LogP contribution >= 0.6 is 11.6 Å². The number of hydrogen-bond donors (Lipinski definition) is 1. The Morgan fingerprint density at radius 1 is 1.35 bits per heavy atom. The third-order valence-electron chi connectivity index (χ3n) is 2.74. The first-order chi connectivity index (χ1) is 8.17. The first-order valence-electron chi connectivity index (χ1n) is 6.33. The molecule has 0 fully saturated rings. The van der Waals surface area contributed by atoms with Crippen molar-refractivity contribution in [2.45, 2.75) is 33.6 Å². The second-order valence-electron chi connectivity index (χ2n) is 4.38. The van der Waals surface area contributed by atoms with Crippen LogP contribution in [0.3, 0.4) is 0 Å². The van der Waals surface area contributed by atoms with Crippen LogP contribution in [0.4, 0.5) is 5.69 Å². The SMILES string of the molecule is CCCOc1ccc(Cl)cc1NCC(C)CC. The van der Waals surface area contributed by atoms with E-state index in [0.717, 1.165) is 36.0 Å². The van der Waals surface area contributed by atoms with Crippen molar-refractivity contribution < 1.29 is 4.74 Å². The summed E-state index contributed by atoms with van der Waals surface area (Å²) in [5.74, 6) is 1.53. The summed E-state index contributed by atoms with van der Waals surface area (Å²) in [7, 11) is 0. The Balaban J connectivity index is 2.69. The predicted molar refractivity (Wildman–Crippen MR) is 75.2 cm³/mol. The standard InChI is InChI=1S/C14H22ClNO/c1-4-8-17-14-7-6-12(15)9-13(14)16-10-11(3)5-2/h6-7,9,11,16H,4-5,8,10H2,1-3H3. The van der Waals surface area contributed by atoms with Gasteiger partial charge in [0.1, 0.15) is 5.75 Å². The van der Waals surface area contributed by atoms with Crippen molar-refractivity contribution in [3.63, 3.8) is 0 Å². The van der Waals surface area contributed by atoms with E-state index in [4.69, 9.17) is 16.3 Å². The van der Waals surface area contributed by atoms with Crippen LogP contribution in [0.2, 0.25) is 5.02 Å². The van der Waals surface area contributed by atoms with Crippen molar-refractivity contribution in [2.24, 2.45) is 5.92 Å². The molecular formula is C14H22ClNO. The van der Waals surface area contributed by atoms with Crippen LogP contribution in [0.25, 0.3) is 0 Å². The first kappa shape index (κ1) is 14.2. The lowest BCUT2D eigenvalue weighted by Gasteiger charge is -2.15. The largest absolute Gasteiger partial charge is 0.491 e. The Bertz CT molecular complexity index is 341. The summed E-state index contributed by atoms with van der Waals surface area (Å²) >= 11 is 6.00. The molecular weight excluding hydrogens is 234 g/mol. The zero-order chi connectivity index (χ0) is 12.7. The van der Waals surface area contributed by atoms with Crippen LogP contribution < -0.4 is 10.1 Å². The molecule has 0 aliphatic carbocycles. The summed E-state index contributed by atoms with van der Waals surface area (Å²) < 4.78 is 5.69. The monoisotopic (exact) mass is 255 g/mol. The van der Waals surface area contributed by atoms with Gasteiger partial charge in [0.2, 0.25) is 0 Å². The fourth-order valence-electron chi connectivity index (χ4n) is 1.41. The van der Waals surface area contributed by atoms with Gasteiger partial charge >= 0.3 is 0 Å². The van der Waals surface area contributed by atoms with Crippen LogP contribution in [0, 0.1) is 5.92 Å². The fourth-order valence-corrected chi connectivity index (χ4v) is 1.58. The van der Waals surface area contributed by atoms with Crippen LogP contribution in [-0.2, 0) is 0 Å². The number of halogens is 1. The fraction of sp³-hybridized carbons (Fsp3) is 0.571. The molecule has 0 spiro atoms. The maximum Gasteiger partial charge on any atom is 0.142 e. The number of anilines is 1. The molecule has 0 amide bonds. The van der Waals surface area contributed by atoms with Gasteiger partial charge in [0.25, 0.3) is 0 Å². The predicted octanol–water partition coefficient (Wildman–Crippen LogP) is 4.59. The summed E-state index contributed by atoms with van der Waals surface area (Å²) in [6.07, 6.45) is 2.17. The molecule has 0 heterocycles. The van der Waals surface area contributed by atoms with E-state index in [-0.39, 0.29) is 0 Å². The van der Waals surface area contributed by atoms with Gasteiger partial charge in [-0.15, -0.1) is 0 Å². The minimum Gasteiger partial charge on any atom is -0.491 e.